The molecule has 0 bridgehead atoms. The Morgan fingerprint density at radius 1 is 1.15 bits per heavy atom. The monoisotopic (exact) mass is 306 g/mol. The molecule has 0 radical (unpaired) electrons. The number of nitrogens with one attached hydrogen (secondary N) is 1. The lowest BCUT2D eigenvalue weighted by Crippen LogP contribution is -2.43. The first-order valence-electron chi connectivity index (χ1n) is 6.91. The number of hydrogen-bond donors (Lipinski definition) is 1. The molecule has 3 rings (SSSR count). The van der Waals surface area contributed by atoms with E-state index in [0.29, 0.717) is 22.5 Å². The predicted molar refractivity (Wildman–Crippen MR) is 70.9 cm³/mol. The molecular weight excluding hydrogens is 289 g/mol. The van der Waals surface area contributed by atoms with Gasteiger partial charge in [0.2, 0.25) is 10.1 Å². The summed E-state index contributed by atoms with van der Waals surface area (Å²) in [5, 5.41) is 9.98. The lowest BCUT2D eigenvalue weighted by atomic mass is 10.1. The van der Waals surface area contributed by atoms with Crippen LogP contribution in [0.5, 0.6) is 0 Å². The smallest absolute Gasteiger partial charge is 0.347 e. The number of halogens is 3. The average molecular weight is 306 g/mol. The summed E-state index contributed by atoms with van der Waals surface area (Å²) in [6.45, 7) is 2.57. The molecule has 1 saturated carbocycles. The standard InChI is InChI=1S/C12H17F3N4S/c13-12(14,15)10-17-18-11(20-10)19-5-3-9(4-6-19)16-7-8-1-2-8/h8-9,16H,1-7H2. The zero-order valence-corrected chi connectivity index (χ0v) is 11.8. The molecule has 1 aromatic heterocycles. The molecule has 2 aliphatic rings. The van der Waals surface area contributed by atoms with Crippen LogP contribution in [0.3, 0.4) is 0 Å². The van der Waals surface area contributed by atoms with Gasteiger partial charge >= 0.3 is 6.18 Å². The van der Waals surface area contributed by atoms with Gasteiger partial charge in [-0.15, -0.1) is 10.2 Å². The number of piperidine rings is 1. The second-order valence-electron chi connectivity index (χ2n) is 5.50. The minimum atomic E-state index is -4.39. The Labute approximate surface area is 119 Å². The molecule has 0 spiro atoms. The Morgan fingerprint density at radius 2 is 1.85 bits per heavy atom. The molecule has 8 heteroatoms. The number of hydrogen-bond acceptors (Lipinski definition) is 5. The van der Waals surface area contributed by atoms with Crippen LogP contribution in [0.15, 0.2) is 0 Å². The number of alkyl halides is 3. The van der Waals surface area contributed by atoms with Crippen molar-refractivity contribution in [2.45, 2.75) is 37.9 Å². The van der Waals surface area contributed by atoms with E-state index in [4.69, 9.17) is 0 Å². The molecule has 0 amide bonds. The molecule has 0 aromatic carbocycles. The van der Waals surface area contributed by atoms with Gasteiger partial charge in [-0.25, -0.2) is 0 Å². The summed E-state index contributed by atoms with van der Waals surface area (Å²) in [5.41, 5.74) is 0. The molecule has 4 nitrogen and oxygen atoms in total. The molecule has 1 N–H and O–H groups in total. The molecule has 1 aliphatic carbocycles. The molecule has 0 unspecified atom stereocenters. The van der Waals surface area contributed by atoms with Crippen molar-refractivity contribution in [3.8, 4) is 0 Å². The normalized spacial score (nSPS) is 21.4. The van der Waals surface area contributed by atoms with E-state index in [2.05, 4.69) is 15.5 Å². The third kappa shape index (κ3) is 3.41. The van der Waals surface area contributed by atoms with Gasteiger partial charge in [0.25, 0.3) is 0 Å². The molecule has 112 valence electrons. The highest BCUT2D eigenvalue weighted by Gasteiger charge is 2.36. The number of rotatable bonds is 4. The molecule has 1 saturated heterocycles. The summed E-state index contributed by atoms with van der Waals surface area (Å²) in [7, 11) is 0. The van der Waals surface area contributed by atoms with Gasteiger partial charge in [0.1, 0.15) is 0 Å². The molecule has 1 aromatic rings. The zero-order valence-electron chi connectivity index (χ0n) is 11.0. The van der Waals surface area contributed by atoms with Crippen molar-refractivity contribution in [3.05, 3.63) is 5.01 Å². The first kappa shape index (κ1) is 14.1. The van der Waals surface area contributed by atoms with Crippen molar-refractivity contribution in [1.29, 1.82) is 0 Å². The number of nitrogens with zero attached hydrogens (tertiary/aromatic N) is 3. The maximum atomic E-state index is 12.5. The van der Waals surface area contributed by atoms with Crippen LogP contribution in [-0.2, 0) is 6.18 Å². The predicted octanol–water partition coefficient (Wildman–Crippen LogP) is 2.53. The van der Waals surface area contributed by atoms with Gasteiger partial charge in [-0.05, 0) is 38.1 Å². The maximum Gasteiger partial charge on any atom is 0.445 e. The van der Waals surface area contributed by atoms with Crippen molar-refractivity contribution in [1.82, 2.24) is 15.5 Å². The van der Waals surface area contributed by atoms with Crippen LogP contribution in [0, 0.1) is 5.92 Å². The second-order valence-corrected chi connectivity index (χ2v) is 6.46. The highest BCUT2D eigenvalue weighted by atomic mass is 32.1. The third-order valence-corrected chi connectivity index (χ3v) is 4.84. The molecule has 1 aliphatic heterocycles. The van der Waals surface area contributed by atoms with Crippen molar-refractivity contribution in [2.24, 2.45) is 5.92 Å². The van der Waals surface area contributed by atoms with E-state index in [9.17, 15) is 13.2 Å². The molecule has 20 heavy (non-hydrogen) atoms. The summed E-state index contributed by atoms with van der Waals surface area (Å²) in [6.07, 6.45) is 0.176. The van der Waals surface area contributed by atoms with Crippen molar-refractivity contribution >= 4 is 16.5 Å². The van der Waals surface area contributed by atoms with E-state index in [1.54, 1.807) is 0 Å². The molecular formula is C12H17F3N4S. The lowest BCUT2D eigenvalue weighted by Gasteiger charge is -2.32. The fraction of sp³-hybridized carbons (Fsp3) is 0.833. The topological polar surface area (TPSA) is 41.1 Å². The van der Waals surface area contributed by atoms with Crippen LogP contribution in [0.25, 0.3) is 0 Å². The van der Waals surface area contributed by atoms with E-state index >= 15 is 0 Å². The maximum absolute atomic E-state index is 12.5. The van der Waals surface area contributed by atoms with Crippen LogP contribution in [0.2, 0.25) is 0 Å². The van der Waals surface area contributed by atoms with Crippen molar-refractivity contribution in [3.63, 3.8) is 0 Å². The summed E-state index contributed by atoms with van der Waals surface area (Å²) < 4.78 is 37.5. The van der Waals surface area contributed by atoms with E-state index in [-0.39, 0.29) is 0 Å². The van der Waals surface area contributed by atoms with E-state index in [0.717, 1.165) is 38.4 Å². The fourth-order valence-electron chi connectivity index (χ4n) is 2.39. The van der Waals surface area contributed by atoms with Crippen molar-refractivity contribution in [2.75, 3.05) is 24.5 Å². The van der Waals surface area contributed by atoms with E-state index in [1.807, 2.05) is 4.90 Å². The second kappa shape index (κ2) is 5.48. The van der Waals surface area contributed by atoms with Gasteiger partial charge in [-0.3, -0.25) is 0 Å². The highest BCUT2D eigenvalue weighted by molar-refractivity contribution is 7.15. The first-order chi connectivity index (χ1) is 9.52. The third-order valence-electron chi connectivity index (χ3n) is 3.81. The Balaban J connectivity index is 1.50. The lowest BCUT2D eigenvalue weighted by molar-refractivity contribution is -0.138. The van der Waals surface area contributed by atoms with E-state index in [1.165, 1.54) is 12.8 Å². The van der Waals surface area contributed by atoms with Crippen LogP contribution < -0.4 is 10.2 Å². The van der Waals surface area contributed by atoms with E-state index < -0.39 is 11.2 Å². The largest absolute Gasteiger partial charge is 0.445 e. The van der Waals surface area contributed by atoms with Gasteiger partial charge in [-0.2, -0.15) is 13.2 Å². The minimum absolute atomic E-state index is 0.387. The van der Waals surface area contributed by atoms with Gasteiger partial charge in [-0.1, -0.05) is 11.3 Å². The summed E-state index contributed by atoms with van der Waals surface area (Å²) in [6, 6.07) is 0.488. The van der Waals surface area contributed by atoms with Crippen LogP contribution >= 0.6 is 11.3 Å². The highest BCUT2D eigenvalue weighted by Crippen LogP contribution is 2.35. The fourth-order valence-corrected chi connectivity index (χ4v) is 3.15. The summed E-state index contributed by atoms with van der Waals surface area (Å²) in [5.74, 6) is 0.852. The number of aromatic nitrogens is 2. The first-order valence-corrected chi connectivity index (χ1v) is 7.73. The van der Waals surface area contributed by atoms with Gasteiger partial charge in [0.15, 0.2) is 0 Å². The Kier molecular flexibility index (Phi) is 3.85. The van der Waals surface area contributed by atoms with Gasteiger partial charge < -0.3 is 10.2 Å². The van der Waals surface area contributed by atoms with Crippen molar-refractivity contribution < 1.29 is 13.2 Å². The molecule has 2 heterocycles. The minimum Gasteiger partial charge on any atom is -0.347 e. The molecule has 2 fully saturated rings. The summed E-state index contributed by atoms with van der Waals surface area (Å²) >= 11 is 0.634. The van der Waals surface area contributed by atoms with Crippen LogP contribution in [-0.4, -0.2) is 35.9 Å². The summed E-state index contributed by atoms with van der Waals surface area (Å²) in [4.78, 5) is 1.90. The van der Waals surface area contributed by atoms with Crippen LogP contribution in [0.4, 0.5) is 18.3 Å². The Bertz CT molecular complexity index is 450. The Hall–Kier alpha value is -0.890. The quantitative estimate of drug-likeness (QED) is 0.928. The Morgan fingerprint density at radius 3 is 2.40 bits per heavy atom. The van der Waals surface area contributed by atoms with Gasteiger partial charge in [0.05, 0.1) is 0 Å². The molecule has 0 atom stereocenters. The SMILES string of the molecule is FC(F)(F)c1nnc(N2CCC(NCC3CC3)CC2)s1. The zero-order chi connectivity index (χ0) is 14.2. The number of anilines is 1. The van der Waals surface area contributed by atoms with Gasteiger partial charge in [0, 0.05) is 19.1 Å². The van der Waals surface area contributed by atoms with Crippen LogP contribution in [0.1, 0.15) is 30.7 Å². The average Bonchev–Trinajstić information content (AvgIpc) is 3.09.